The van der Waals surface area contributed by atoms with Gasteiger partial charge in [-0.1, -0.05) is 35.5 Å². The molecule has 0 aliphatic heterocycles. The van der Waals surface area contributed by atoms with Gasteiger partial charge in [0.15, 0.2) is 4.80 Å². The van der Waals surface area contributed by atoms with Gasteiger partial charge in [-0.15, -0.1) is 6.42 Å². The van der Waals surface area contributed by atoms with Gasteiger partial charge in [0, 0.05) is 0 Å². The maximum atomic E-state index is 12.7. The molecule has 0 unspecified atom stereocenters. The number of benzene rings is 2. The highest BCUT2D eigenvalue weighted by Gasteiger charge is 2.13. The van der Waals surface area contributed by atoms with E-state index < -0.39 is 0 Å². The van der Waals surface area contributed by atoms with Crippen LogP contribution in [0.25, 0.3) is 10.2 Å². The summed E-state index contributed by atoms with van der Waals surface area (Å²) < 4.78 is 8.26. The molecule has 0 radical (unpaired) electrons. The second-order valence-corrected chi connectivity index (χ2v) is 6.70. The van der Waals surface area contributed by atoms with Gasteiger partial charge in [-0.2, -0.15) is 4.99 Å². The molecule has 1 heterocycles. The summed E-state index contributed by atoms with van der Waals surface area (Å²) in [6.45, 7) is 4.46. The van der Waals surface area contributed by atoms with Crippen LogP contribution >= 0.6 is 11.3 Å². The fourth-order valence-corrected chi connectivity index (χ4v) is 3.89. The van der Waals surface area contributed by atoms with Crippen molar-refractivity contribution in [2.24, 2.45) is 4.99 Å². The number of ether oxygens (including phenoxy) is 1. The molecule has 0 spiro atoms. The van der Waals surface area contributed by atoms with E-state index in [2.05, 4.69) is 30.0 Å². The SMILES string of the molecule is C#CCn1c(=NC(=O)c2ccccc2OC)sc2c(C)cc(C)cc21. The standard InChI is InChI=1S/C20H18N2O2S/c1-5-10-22-16-12-13(2)11-14(3)18(16)25-20(22)21-19(23)15-8-6-7-9-17(15)24-4/h1,6-9,11-12H,10H2,2-4H3. The fourth-order valence-electron chi connectivity index (χ4n) is 2.81. The first-order valence-corrected chi connectivity index (χ1v) is 8.63. The smallest absolute Gasteiger partial charge is 0.283 e. The lowest BCUT2D eigenvalue weighted by atomic mass is 10.1. The van der Waals surface area contributed by atoms with Crippen LogP contribution in [0, 0.1) is 26.2 Å². The maximum absolute atomic E-state index is 12.7. The maximum Gasteiger partial charge on any atom is 0.283 e. The lowest BCUT2D eigenvalue weighted by Crippen LogP contribution is -2.16. The molecule has 0 atom stereocenters. The van der Waals surface area contributed by atoms with E-state index in [0.29, 0.717) is 22.7 Å². The summed E-state index contributed by atoms with van der Waals surface area (Å²) in [5.74, 6) is 2.81. The quantitative estimate of drug-likeness (QED) is 0.676. The molecule has 0 saturated heterocycles. The molecule has 0 bridgehead atoms. The molecule has 0 aliphatic carbocycles. The minimum Gasteiger partial charge on any atom is -0.496 e. The number of hydrogen-bond donors (Lipinski definition) is 0. The highest BCUT2D eigenvalue weighted by atomic mass is 32.1. The van der Waals surface area contributed by atoms with Crippen LogP contribution < -0.4 is 9.54 Å². The van der Waals surface area contributed by atoms with Gasteiger partial charge in [-0.05, 0) is 43.2 Å². The molecule has 5 heteroatoms. The van der Waals surface area contributed by atoms with Crippen molar-refractivity contribution in [1.29, 1.82) is 0 Å². The van der Waals surface area contributed by atoms with Crippen LogP contribution in [0.4, 0.5) is 0 Å². The molecule has 0 saturated carbocycles. The van der Waals surface area contributed by atoms with E-state index >= 15 is 0 Å². The molecule has 1 aromatic heterocycles. The van der Waals surface area contributed by atoms with Crippen molar-refractivity contribution in [3.8, 4) is 18.1 Å². The molecule has 0 N–H and O–H groups in total. The van der Waals surface area contributed by atoms with E-state index in [1.807, 2.05) is 17.6 Å². The summed E-state index contributed by atoms with van der Waals surface area (Å²) in [6, 6.07) is 11.3. The molecule has 0 fully saturated rings. The Balaban J connectivity index is 2.22. The predicted molar refractivity (Wildman–Crippen MR) is 101 cm³/mol. The average Bonchev–Trinajstić information content (AvgIpc) is 2.93. The lowest BCUT2D eigenvalue weighted by molar-refractivity contribution is 0.0995. The summed E-state index contributed by atoms with van der Waals surface area (Å²) >= 11 is 1.47. The van der Waals surface area contributed by atoms with Gasteiger partial charge in [0.2, 0.25) is 0 Å². The van der Waals surface area contributed by atoms with Gasteiger partial charge >= 0.3 is 0 Å². The van der Waals surface area contributed by atoms with E-state index in [1.54, 1.807) is 18.2 Å². The second kappa shape index (κ2) is 6.96. The van der Waals surface area contributed by atoms with Gasteiger partial charge in [0.1, 0.15) is 5.75 Å². The molecule has 0 aliphatic rings. The Kier molecular flexibility index (Phi) is 4.73. The minimum absolute atomic E-state index is 0.343. The number of rotatable bonds is 3. The number of terminal acetylenes is 1. The second-order valence-electron chi connectivity index (χ2n) is 5.72. The van der Waals surface area contributed by atoms with Crippen LogP contribution in [-0.4, -0.2) is 17.6 Å². The van der Waals surface area contributed by atoms with Crippen molar-refractivity contribution >= 4 is 27.5 Å². The Bertz CT molecular complexity index is 1070. The van der Waals surface area contributed by atoms with E-state index in [0.717, 1.165) is 21.3 Å². The first kappa shape index (κ1) is 17.0. The van der Waals surface area contributed by atoms with Crippen LogP contribution in [0.1, 0.15) is 21.5 Å². The monoisotopic (exact) mass is 350 g/mol. The Morgan fingerprint density at radius 2 is 2.08 bits per heavy atom. The van der Waals surface area contributed by atoms with Gasteiger partial charge < -0.3 is 9.30 Å². The van der Waals surface area contributed by atoms with Gasteiger partial charge in [0.25, 0.3) is 5.91 Å². The topological polar surface area (TPSA) is 43.6 Å². The molecule has 3 rings (SSSR count). The van der Waals surface area contributed by atoms with Crippen LogP contribution in [0.5, 0.6) is 5.75 Å². The number of nitrogens with zero attached hydrogens (tertiary/aromatic N) is 2. The minimum atomic E-state index is -0.343. The summed E-state index contributed by atoms with van der Waals surface area (Å²) in [5.41, 5.74) is 3.74. The predicted octanol–water partition coefficient (Wildman–Crippen LogP) is 3.70. The third-order valence-electron chi connectivity index (χ3n) is 3.90. The number of para-hydroxylation sites is 1. The largest absolute Gasteiger partial charge is 0.496 e. The Morgan fingerprint density at radius 3 is 2.80 bits per heavy atom. The molecule has 25 heavy (non-hydrogen) atoms. The molecular weight excluding hydrogens is 332 g/mol. The number of methoxy groups -OCH3 is 1. The third kappa shape index (κ3) is 3.21. The zero-order valence-electron chi connectivity index (χ0n) is 14.4. The highest BCUT2D eigenvalue weighted by molar-refractivity contribution is 7.16. The number of fused-ring (bicyclic) bond motifs is 1. The van der Waals surface area contributed by atoms with Crippen molar-refractivity contribution < 1.29 is 9.53 Å². The zero-order valence-corrected chi connectivity index (χ0v) is 15.2. The van der Waals surface area contributed by atoms with Crippen molar-refractivity contribution in [1.82, 2.24) is 4.57 Å². The highest BCUT2D eigenvalue weighted by Crippen LogP contribution is 2.24. The van der Waals surface area contributed by atoms with E-state index in [9.17, 15) is 4.79 Å². The first-order chi connectivity index (χ1) is 12.0. The van der Waals surface area contributed by atoms with E-state index in [-0.39, 0.29) is 5.91 Å². The molecular formula is C20H18N2O2S. The third-order valence-corrected chi connectivity index (χ3v) is 5.13. The summed E-state index contributed by atoms with van der Waals surface area (Å²) in [7, 11) is 1.54. The summed E-state index contributed by atoms with van der Waals surface area (Å²) in [6.07, 6.45) is 5.53. The molecule has 4 nitrogen and oxygen atoms in total. The molecule has 126 valence electrons. The van der Waals surface area contributed by atoms with Gasteiger partial charge in [-0.25, -0.2) is 0 Å². The fraction of sp³-hybridized carbons (Fsp3) is 0.200. The van der Waals surface area contributed by atoms with E-state index in [4.69, 9.17) is 11.2 Å². The van der Waals surface area contributed by atoms with Crippen LogP contribution in [-0.2, 0) is 6.54 Å². The molecule has 1 amide bonds. The van der Waals surface area contributed by atoms with Gasteiger partial charge in [0.05, 0.1) is 29.4 Å². The summed E-state index contributed by atoms with van der Waals surface area (Å²) in [4.78, 5) is 17.6. The number of aromatic nitrogens is 1. The number of amides is 1. The number of carbonyl (C=O) groups excluding carboxylic acids is 1. The Morgan fingerprint density at radius 1 is 1.32 bits per heavy atom. The van der Waals surface area contributed by atoms with Crippen LogP contribution in [0.15, 0.2) is 41.4 Å². The zero-order chi connectivity index (χ0) is 18.0. The normalized spacial score (nSPS) is 11.5. The van der Waals surface area contributed by atoms with Crippen LogP contribution in [0.2, 0.25) is 0 Å². The van der Waals surface area contributed by atoms with Crippen molar-refractivity contribution in [2.75, 3.05) is 7.11 Å². The molecule has 3 aromatic rings. The Hall–Kier alpha value is -2.84. The lowest BCUT2D eigenvalue weighted by Gasteiger charge is -2.04. The first-order valence-electron chi connectivity index (χ1n) is 7.81. The number of aryl methyl sites for hydroxylation is 2. The number of thiazole rings is 1. The number of hydrogen-bond acceptors (Lipinski definition) is 3. The van der Waals surface area contributed by atoms with Crippen molar-refractivity contribution in [3.05, 3.63) is 57.9 Å². The summed E-state index contributed by atoms with van der Waals surface area (Å²) in [5, 5.41) is 0. The van der Waals surface area contributed by atoms with Crippen molar-refractivity contribution in [3.63, 3.8) is 0 Å². The van der Waals surface area contributed by atoms with Gasteiger partial charge in [-0.3, -0.25) is 4.79 Å². The average molecular weight is 350 g/mol. The van der Waals surface area contributed by atoms with Crippen LogP contribution in [0.3, 0.4) is 0 Å². The van der Waals surface area contributed by atoms with Crippen molar-refractivity contribution in [2.45, 2.75) is 20.4 Å². The molecule has 2 aromatic carbocycles. The number of carbonyl (C=O) groups is 1. The van der Waals surface area contributed by atoms with E-state index in [1.165, 1.54) is 18.4 Å². The Labute approximate surface area is 150 Å².